The maximum atomic E-state index is 12.4. The van der Waals surface area contributed by atoms with Gasteiger partial charge in [-0.2, -0.15) is 0 Å². The zero-order valence-electron chi connectivity index (χ0n) is 17.0. The van der Waals surface area contributed by atoms with Gasteiger partial charge in [-0.25, -0.2) is 0 Å². The number of nitrogens with zero attached hydrogens (tertiary/aromatic N) is 1. The molecule has 146 valence electrons. The number of rotatable bonds is 10. The van der Waals surface area contributed by atoms with Gasteiger partial charge in [-0.05, 0) is 34.1 Å². The fourth-order valence-electron chi connectivity index (χ4n) is 3.63. The van der Waals surface area contributed by atoms with E-state index in [0.29, 0.717) is 26.1 Å². The van der Waals surface area contributed by atoms with Gasteiger partial charge in [-0.1, -0.05) is 39.0 Å². The monoisotopic (exact) mass is 354 g/mol. The van der Waals surface area contributed by atoms with E-state index in [0.717, 1.165) is 12.8 Å². The minimum atomic E-state index is -0.229. The highest BCUT2D eigenvalue weighted by molar-refractivity contribution is 5.79. The molecule has 0 aliphatic carbocycles. The maximum Gasteiger partial charge on any atom is 0.307 e. The summed E-state index contributed by atoms with van der Waals surface area (Å²) in [4.78, 5) is 26.2. The van der Waals surface area contributed by atoms with E-state index in [9.17, 15) is 9.59 Å². The fraction of sp³-hybridized carbons (Fsp3) is 0.900. The standard InChI is InChI=1S/C20H38N2O3/c1-6-7-8-9-10-11-14-25-18(24)12-13-22-16-20(4,5)21-19(2,3)15-17(22)23/h21H,6-16H2,1-5H3. The van der Waals surface area contributed by atoms with Crippen molar-refractivity contribution in [2.45, 2.75) is 97.1 Å². The first-order valence-corrected chi connectivity index (χ1v) is 9.88. The second-order valence-corrected chi connectivity index (χ2v) is 8.62. The Morgan fingerprint density at radius 1 is 1.08 bits per heavy atom. The van der Waals surface area contributed by atoms with Gasteiger partial charge in [0.25, 0.3) is 0 Å². The molecule has 0 aromatic rings. The zero-order valence-corrected chi connectivity index (χ0v) is 17.0. The third-order valence-corrected chi connectivity index (χ3v) is 4.56. The highest BCUT2D eigenvalue weighted by atomic mass is 16.5. The van der Waals surface area contributed by atoms with Crippen LogP contribution in [0, 0.1) is 0 Å². The SMILES string of the molecule is CCCCCCCCOC(=O)CCN1CC(C)(C)NC(C)(C)CC1=O. The third kappa shape index (κ3) is 9.24. The first-order chi connectivity index (χ1) is 11.7. The first-order valence-electron chi connectivity index (χ1n) is 9.88. The number of hydrogen-bond acceptors (Lipinski definition) is 4. The van der Waals surface area contributed by atoms with Crippen molar-refractivity contribution in [2.24, 2.45) is 0 Å². The fourth-order valence-corrected chi connectivity index (χ4v) is 3.63. The summed E-state index contributed by atoms with van der Waals surface area (Å²) in [6.07, 6.45) is 7.78. The molecular weight excluding hydrogens is 316 g/mol. The molecule has 1 N–H and O–H groups in total. The van der Waals surface area contributed by atoms with E-state index in [1.54, 1.807) is 4.90 Å². The minimum Gasteiger partial charge on any atom is -0.466 e. The van der Waals surface area contributed by atoms with Crippen LogP contribution >= 0.6 is 0 Å². The summed E-state index contributed by atoms with van der Waals surface area (Å²) in [5, 5.41) is 3.53. The topological polar surface area (TPSA) is 58.6 Å². The van der Waals surface area contributed by atoms with Gasteiger partial charge in [0.15, 0.2) is 0 Å². The molecule has 0 aromatic heterocycles. The maximum absolute atomic E-state index is 12.4. The van der Waals surface area contributed by atoms with E-state index in [1.807, 2.05) is 13.8 Å². The van der Waals surface area contributed by atoms with Crippen molar-refractivity contribution in [3.63, 3.8) is 0 Å². The number of unbranched alkanes of at least 4 members (excludes halogenated alkanes) is 5. The molecule has 0 atom stereocenters. The second kappa shape index (κ2) is 10.1. The second-order valence-electron chi connectivity index (χ2n) is 8.62. The molecule has 1 saturated heterocycles. The van der Waals surface area contributed by atoms with Crippen LogP contribution in [0.3, 0.4) is 0 Å². The molecule has 0 saturated carbocycles. The lowest BCUT2D eigenvalue weighted by Gasteiger charge is -2.34. The zero-order chi connectivity index (χ0) is 18.9. The Morgan fingerprint density at radius 2 is 1.72 bits per heavy atom. The minimum absolute atomic E-state index is 0.104. The van der Waals surface area contributed by atoms with E-state index in [2.05, 4.69) is 26.1 Å². The van der Waals surface area contributed by atoms with Crippen LogP contribution < -0.4 is 5.32 Å². The van der Waals surface area contributed by atoms with Gasteiger partial charge in [0.2, 0.25) is 5.91 Å². The van der Waals surface area contributed by atoms with E-state index < -0.39 is 0 Å². The molecule has 1 aliphatic heterocycles. The summed E-state index contributed by atoms with van der Waals surface area (Å²) in [5.74, 6) is -0.0950. The number of carbonyl (C=O) groups excluding carboxylic acids is 2. The molecule has 5 heteroatoms. The Hall–Kier alpha value is -1.10. The molecule has 1 amide bonds. The average Bonchev–Trinajstić information content (AvgIpc) is 2.56. The normalized spacial score (nSPS) is 19.6. The Bertz CT molecular complexity index is 433. The predicted octanol–water partition coefficient (Wildman–Crippen LogP) is 3.66. The predicted molar refractivity (Wildman–Crippen MR) is 101 cm³/mol. The molecule has 1 aliphatic rings. The van der Waals surface area contributed by atoms with Gasteiger partial charge < -0.3 is 15.0 Å². The Kier molecular flexibility index (Phi) is 8.91. The number of nitrogens with one attached hydrogen (secondary N) is 1. The lowest BCUT2D eigenvalue weighted by atomic mass is 9.96. The van der Waals surface area contributed by atoms with Gasteiger partial charge in [0.1, 0.15) is 0 Å². The average molecular weight is 355 g/mol. The van der Waals surface area contributed by atoms with E-state index >= 15 is 0 Å². The molecule has 1 fully saturated rings. The van der Waals surface area contributed by atoms with Crippen LogP contribution in [0.15, 0.2) is 0 Å². The third-order valence-electron chi connectivity index (χ3n) is 4.56. The molecule has 1 rings (SSSR count). The summed E-state index contributed by atoms with van der Waals surface area (Å²) in [6, 6.07) is 0. The molecule has 0 bridgehead atoms. The lowest BCUT2D eigenvalue weighted by Crippen LogP contribution is -2.53. The lowest BCUT2D eigenvalue weighted by molar-refractivity contribution is -0.144. The summed E-state index contributed by atoms with van der Waals surface area (Å²) in [7, 11) is 0. The van der Waals surface area contributed by atoms with Crippen molar-refractivity contribution in [1.82, 2.24) is 10.2 Å². The molecule has 25 heavy (non-hydrogen) atoms. The van der Waals surface area contributed by atoms with Gasteiger partial charge in [-0.3, -0.25) is 9.59 Å². The van der Waals surface area contributed by atoms with Crippen molar-refractivity contribution in [1.29, 1.82) is 0 Å². The molecular formula is C20H38N2O3. The Balaban J connectivity index is 2.29. The summed E-state index contributed by atoms with van der Waals surface area (Å²) < 4.78 is 5.31. The van der Waals surface area contributed by atoms with Gasteiger partial charge >= 0.3 is 5.97 Å². The van der Waals surface area contributed by atoms with Crippen molar-refractivity contribution < 1.29 is 14.3 Å². The molecule has 0 radical (unpaired) electrons. The van der Waals surface area contributed by atoms with E-state index in [-0.39, 0.29) is 29.4 Å². The van der Waals surface area contributed by atoms with Crippen molar-refractivity contribution in [3.05, 3.63) is 0 Å². The number of hydrogen-bond donors (Lipinski definition) is 1. The first kappa shape index (κ1) is 21.9. The highest BCUT2D eigenvalue weighted by Gasteiger charge is 2.37. The summed E-state index contributed by atoms with van der Waals surface area (Å²) >= 11 is 0. The van der Waals surface area contributed by atoms with Crippen LogP contribution in [0.2, 0.25) is 0 Å². The molecule has 0 unspecified atom stereocenters. The largest absolute Gasteiger partial charge is 0.466 e. The smallest absolute Gasteiger partial charge is 0.307 e. The van der Waals surface area contributed by atoms with Gasteiger partial charge in [0, 0.05) is 30.6 Å². The van der Waals surface area contributed by atoms with Crippen molar-refractivity contribution >= 4 is 11.9 Å². The van der Waals surface area contributed by atoms with Crippen LogP contribution in [-0.4, -0.2) is 47.6 Å². The van der Waals surface area contributed by atoms with Crippen LogP contribution in [0.4, 0.5) is 0 Å². The van der Waals surface area contributed by atoms with Crippen LogP contribution in [0.25, 0.3) is 0 Å². The summed E-state index contributed by atoms with van der Waals surface area (Å²) in [5.41, 5.74) is -0.397. The quantitative estimate of drug-likeness (QED) is 0.480. The van der Waals surface area contributed by atoms with Gasteiger partial charge in [0.05, 0.1) is 13.0 Å². The van der Waals surface area contributed by atoms with Crippen LogP contribution in [-0.2, 0) is 14.3 Å². The van der Waals surface area contributed by atoms with Crippen molar-refractivity contribution in [3.8, 4) is 0 Å². The van der Waals surface area contributed by atoms with Crippen LogP contribution in [0.5, 0.6) is 0 Å². The van der Waals surface area contributed by atoms with E-state index in [1.165, 1.54) is 25.7 Å². The molecule has 0 aromatic carbocycles. The highest BCUT2D eigenvalue weighted by Crippen LogP contribution is 2.22. The number of amides is 1. The number of ether oxygens (including phenoxy) is 1. The van der Waals surface area contributed by atoms with Crippen LogP contribution in [0.1, 0.15) is 86.0 Å². The van der Waals surface area contributed by atoms with E-state index in [4.69, 9.17) is 4.74 Å². The Labute approximate surface area is 153 Å². The Morgan fingerprint density at radius 3 is 2.40 bits per heavy atom. The molecule has 5 nitrogen and oxygen atoms in total. The summed E-state index contributed by atoms with van der Waals surface area (Å²) in [6.45, 7) is 12.0. The number of esters is 1. The molecule has 0 spiro atoms. The number of carbonyl (C=O) groups is 2. The van der Waals surface area contributed by atoms with Crippen molar-refractivity contribution in [2.75, 3.05) is 19.7 Å². The molecule has 1 heterocycles. The van der Waals surface area contributed by atoms with Gasteiger partial charge in [-0.15, -0.1) is 0 Å².